The molecule has 88 valence electrons. The lowest BCUT2D eigenvalue weighted by Gasteiger charge is -2.30. The van der Waals surface area contributed by atoms with E-state index in [-0.39, 0.29) is 0 Å². The predicted molar refractivity (Wildman–Crippen MR) is 68.4 cm³/mol. The molecular weight excluding hydrogens is 196 g/mol. The van der Waals surface area contributed by atoms with E-state index in [9.17, 15) is 0 Å². The third-order valence-electron chi connectivity index (χ3n) is 3.43. The van der Waals surface area contributed by atoms with Gasteiger partial charge >= 0.3 is 0 Å². The number of likely N-dealkylation sites (N-methyl/N-ethyl adjacent to an activating group) is 1. The summed E-state index contributed by atoms with van der Waals surface area (Å²) in [5.74, 6) is 0. The Bertz CT molecular complexity index is 344. The second-order valence-electron chi connectivity index (χ2n) is 4.73. The van der Waals surface area contributed by atoms with E-state index >= 15 is 0 Å². The van der Waals surface area contributed by atoms with Crippen molar-refractivity contribution < 1.29 is 0 Å². The molecule has 1 atom stereocenters. The quantitative estimate of drug-likeness (QED) is 0.822. The fraction of sp³-hybridized carbons (Fsp3) is 0.571. The smallest absolute Gasteiger partial charge is 0.0473 e. The van der Waals surface area contributed by atoms with Gasteiger partial charge in [0.1, 0.15) is 0 Å². The lowest BCUT2D eigenvalue weighted by atomic mass is 10.0. The molecule has 0 saturated heterocycles. The zero-order chi connectivity index (χ0) is 11.5. The van der Waals surface area contributed by atoms with Crippen molar-refractivity contribution >= 4 is 0 Å². The fourth-order valence-corrected chi connectivity index (χ4v) is 2.48. The van der Waals surface area contributed by atoms with E-state index in [0.29, 0.717) is 12.6 Å². The molecule has 0 aromatic heterocycles. The Morgan fingerprint density at radius 3 is 2.69 bits per heavy atom. The van der Waals surface area contributed by atoms with Crippen LogP contribution in [-0.2, 0) is 0 Å². The Morgan fingerprint density at radius 2 is 2.19 bits per heavy atom. The van der Waals surface area contributed by atoms with Crippen molar-refractivity contribution in [1.82, 2.24) is 4.90 Å². The van der Waals surface area contributed by atoms with Gasteiger partial charge in [-0.15, -0.1) is 0 Å². The number of rotatable bonds is 5. The third kappa shape index (κ3) is 2.45. The van der Waals surface area contributed by atoms with Crippen LogP contribution in [0.5, 0.6) is 0 Å². The highest BCUT2D eigenvalue weighted by atomic mass is 15.2. The van der Waals surface area contributed by atoms with Crippen LogP contribution in [0.15, 0.2) is 24.3 Å². The SMILES string of the molecule is CCN(C1CC1)C(CN)c1cccc(C)c1. The molecule has 1 aliphatic carbocycles. The molecule has 1 aliphatic rings. The first-order valence-electron chi connectivity index (χ1n) is 6.28. The number of aryl methyl sites for hydroxylation is 1. The first-order chi connectivity index (χ1) is 7.76. The summed E-state index contributed by atoms with van der Waals surface area (Å²) in [6.07, 6.45) is 2.69. The van der Waals surface area contributed by atoms with Crippen molar-refractivity contribution in [2.45, 2.75) is 38.8 Å². The van der Waals surface area contributed by atoms with Crippen LogP contribution in [0.2, 0.25) is 0 Å². The molecule has 2 nitrogen and oxygen atoms in total. The molecule has 2 rings (SSSR count). The van der Waals surface area contributed by atoms with Gasteiger partial charge in [-0.2, -0.15) is 0 Å². The highest BCUT2D eigenvalue weighted by Crippen LogP contribution is 2.33. The van der Waals surface area contributed by atoms with Crippen LogP contribution in [0.3, 0.4) is 0 Å². The Hall–Kier alpha value is -0.860. The minimum absolute atomic E-state index is 0.400. The molecule has 0 radical (unpaired) electrons. The van der Waals surface area contributed by atoms with Crippen LogP contribution >= 0.6 is 0 Å². The average Bonchev–Trinajstić information content (AvgIpc) is 3.09. The van der Waals surface area contributed by atoms with Gasteiger partial charge in [0.2, 0.25) is 0 Å². The zero-order valence-electron chi connectivity index (χ0n) is 10.3. The van der Waals surface area contributed by atoms with E-state index in [1.54, 1.807) is 0 Å². The molecule has 2 heteroatoms. The van der Waals surface area contributed by atoms with Crippen molar-refractivity contribution in [3.63, 3.8) is 0 Å². The lowest BCUT2D eigenvalue weighted by molar-refractivity contribution is 0.202. The first-order valence-corrected chi connectivity index (χ1v) is 6.28. The molecular formula is C14H22N2. The van der Waals surface area contributed by atoms with Gasteiger partial charge in [-0.25, -0.2) is 0 Å². The summed E-state index contributed by atoms with van der Waals surface area (Å²) in [5.41, 5.74) is 8.65. The molecule has 2 N–H and O–H groups in total. The van der Waals surface area contributed by atoms with Crippen LogP contribution in [0.1, 0.15) is 36.9 Å². The summed E-state index contributed by atoms with van der Waals surface area (Å²) in [6, 6.07) is 9.92. The van der Waals surface area contributed by atoms with E-state index in [0.717, 1.165) is 12.6 Å². The number of benzene rings is 1. The molecule has 1 aromatic carbocycles. The summed E-state index contributed by atoms with van der Waals surface area (Å²) in [7, 11) is 0. The van der Waals surface area contributed by atoms with Crippen LogP contribution in [0, 0.1) is 6.92 Å². The monoisotopic (exact) mass is 218 g/mol. The molecule has 16 heavy (non-hydrogen) atoms. The van der Waals surface area contributed by atoms with Gasteiger partial charge < -0.3 is 5.73 Å². The predicted octanol–water partition coefficient (Wildman–Crippen LogP) is 2.48. The van der Waals surface area contributed by atoms with Crippen LogP contribution in [0.4, 0.5) is 0 Å². The van der Waals surface area contributed by atoms with Gasteiger partial charge in [0, 0.05) is 18.6 Å². The van der Waals surface area contributed by atoms with Gasteiger partial charge in [-0.05, 0) is 31.9 Å². The van der Waals surface area contributed by atoms with E-state index in [2.05, 4.69) is 43.0 Å². The summed E-state index contributed by atoms with van der Waals surface area (Å²) in [6.45, 7) is 6.19. The molecule has 1 aromatic rings. The van der Waals surface area contributed by atoms with Crippen molar-refractivity contribution in [3.8, 4) is 0 Å². The van der Waals surface area contributed by atoms with Crippen LogP contribution in [0.25, 0.3) is 0 Å². The Balaban J connectivity index is 2.20. The molecule has 0 amide bonds. The summed E-state index contributed by atoms with van der Waals surface area (Å²) >= 11 is 0. The third-order valence-corrected chi connectivity index (χ3v) is 3.43. The fourth-order valence-electron chi connectivity index (χ4n) is 2.48. The largest absolute Gasteiger partial charge is 0.329 e. The minimum Gasteiger partial charge on any atom is -0.329 e. The van der Waals surface area contributed by atoms with E-state index < -0.39 is 0 Å². The molecule has 1 saturated carbocycles. The lowest BCUT2D eigenvalue weighted by Crippen LogP contribution is -2.35. The topological polar surface area (TPSA) is 29.3 Å². The number of nitrogens with two attached hydrogens (primary N) is 1. The van der Waals surface area contributed by atoms with E-state index in [1.165, 1.54) is 24.0 Å². The Morgan fingerprint density at radius 1 is 1.44 bits per heavy atom. The average molecular weight is 218 g/mol. The van der Waals surface area contributed by atoms with Crippen molar-refractivity contribution in [3.05, 3.63) is 35.4 Å². The van der Waals surface area contributed by atoms with Crippen molar-refractivity contribution in [2.24, 2.45) is 5.73 Å². The number of hydrogen-bond acceptors (Lipinski definition) is 2. The summed E-state index contributed by atoms with van der Waals surface area (Å²) in [5, 5.41) is 0. The highest BCUT2D eigenvalue weighted by molar-refractivity contribution is 5.25. The highest BCUT2D eigenvalue weighted by Gasteiger charge is 2.32. The van der Waals surface area contributed by atoms with E-state index in [1.807, 2.05) is 0 Å². The second-order valence-corrected chi connectivity index (χ2v) is 4.73. The zero-order valence-corrected chi connectivity index (χ0v) is 10.3. The molecule has 0 heterocycles. The molecule has 1 unspecified atom stereocenters. The maximum Gasteiger partial charge on any atom is 0.0473 e. The second kappa shape index (κ2) is 4.98. The van der Waals surface area contributed by atoms with Crippen molar-refractivity contribution in [2.75, 3.05) is 13.1 Å². The standard InChI is InChI=1S/C14H22N2/c1-3-16(13-7-8-13)14(10-15)12-6-4-5-11(2)9-12/h4-6,9,13-14H,3,7-8,10,15H2,1-2H3. The Kier molecular flexibility index (Phi) is 3.62. The maximum atomic E-state index is 5.96. The number of hydrogen-bond donors (Lipinski definition) is 1. The van der Waals surface area contributed by atoms with Gasteiger partial charge in [-0.3, -0.25) is 4.90 Å². The number of nitrogens with zero attached hydrogens (tertiary/aromatic N) is 1. The normalized spacial score (nSPS) is 17.8. The van der Waals surface area contributed by atoms with E-state index in [4.69, 9.17) is 5.73 Å². The summed E-state index contributed by atoms with van der Waals surface area (Å²) < 4.78 is 0. The molecule has 0 spiro atoms. The van der Waals surface area contributed by atoms with Crippen LogP contribution in [-0.4, -0.2) is 24.0 Å². The van der Waals surface area contributed by atoms with Gasteiger partial charge in [-0.1, -0.05) is 36.8 Å². The summed E-state index contributed by atoms with van der Waals surface area (Å²) in [4.78, 5) is 2.55. The Labute approximate surface area is 98.4 Å². The molecule has 0 bridgehead atoms. The van der Waals surface area contributed by atoms with Gasteiger partial charge in [0.25, 0.3) is 0 Å². The maximum absolute atomic E-state index is 5.96. The van der Waals surface area contributed by atoms with Gasteiger partial charge in [0.05, 0.1) is 0 Å². The van der Waals surface area contributed by atoms with Crippen LogP contribution < -0.4 is 5.73 Å². The first kappa shape index (κ1) is 11.6. The minimum atomic E-state index is 0.400. The molecule has 1 fully saturated rings. The van der Waals surface area contributed by atoms with Crippen molar-refractivity contribution in [1.29, 1.82) is 0 Å². The van der Waals surface area contributed by atoms with Gasteiger partial charge in [0.15, 0.2) is 0 Å². The molecule has 0 aliphatic heterocycles.